The van der Waals surface area contributed by atoms with Crippen molar-refractivity contribution in [3.8, 4) is 0 Å². The van der Waals surface area contributed by atoms with Gasteiger partial charge < -0.3 is 14.5 Å². The Labute approximate surface area is 154 Å². The maximum atomic E-state index is 12.7. The van der Waals surface area contributed by atoms with Gasteiger partial charge in [0.1, 0.15) is 0 Å². The van der Waals surface area contributed by atoms with Crippen molar-refractivity contribution in [3.05, 3.63) is 65.2 Å². The van der Waals surface area contributed by atoms with Gasteiger partial charge in [0, 0.05) is 50.1 Å². The molecule has 0 atom stereocenters. The van der Waals surface area contributed by atoms with E-state index in [4.69, 9.17) is 4.74 Å². The Balaban J connectivity index is 1.61. The first-order valence-corrected chi connectivity index (χ1v) is 8.81. The topological polar surface area (TPSA) is 49.9 Å². The molecule has 2 aromatic carbocycles. The van der Waals surface area contributed by atoms with Crippen LogP contribution in [0.2, 0.25) is 0 Å². The summed E-state index contributed by atoms with van der Waals surface area (Å²) in [6, 6.07) is 15.3. The molecule has 1 aliphatic heterocycles. The first-order valence-electron chi connectivity index (χ1n) is 8.81. The van der Waals surface area contributed by atoms with Crippen molar-refractivity contribution in [2.24, 2.45) is 0 Å². The highest BCUT2D eigenvalue weighted by atomic mass is 16.5. The molecule has 26 heavy (non-hydrogen) atoms. The highest BCUT2D eigenvalue weighted by molar-refractivity contribution is 5.95. The molecule has 0 saturated carbocycles. The standard InChI is InChI=1S/C21H24N2O3/c1-16(24)18-6-8-20(9-7-18)22-10-12-23(13-11-22)21(25)19-5-3-4-17(14-19)15-26-2/h3-9,14H,10-13,15H2,1-2H3. The van der Waals surface area contributed by atoms with Crippen molar-refractivity contribution in [3.63, 3.8) is 0 Å². The number of benzene rings is 2. The molecule has 0 N–H and O–H groups in total. The number of rotatable bonds is 5. The molecular weight excluding hydrogens is 328 g/mol. The Morgan fingerprint density at radius 2 is 1.65 bits per heavy atom. The van der Waals surface area contributed by atoms with Crippen molar-refractivity contribution in [2.45, 2.75) is 13.5 Å². The van der Waals surface area contributed by atoms with Crippen LogP contribution in [0.25, 0.3) is 0 Å². The minimum atomic E-state index is 0.0644. The van der Waals surface area contributed by atoms with Gasteiger partial charge in [0.05, 0.1) is 6.61 Å². The fourth-order valence-electron chi connectivity index (χ4n) is 3.22. The van der Waals surface area contributed by atoms with Crippen LogP contribution >= 0.6 is 0 Å². The Morgan fingerprint density at radius 3 is 2.27 bits per heavy atom. The van der Waals surface area contributed by atoms with E-state index in [9.17, 15) is 9.59 Å². The summed E-state index contributed by atoms with van der Waals surface area (Å²) in [5, 5.41) is 0. The highest BCUT2D eigenvalue weighted by Crippen LogP contribution is 2.19. The fraction of sp³-hybridized carbons (Fsp3) is 0.333. The van der Waals surface area contributed by atoms with Gasteiger partial charge in [-0.2, -0.15) is 0 Å². The average molecular weight is 352 g/mol. The maximum absolute atomic E-state index is 12.7. The molecule has 0 radical (unpaired) electrons. The second-order valence-corrected chi connectivity index (χ2v) is 6.52. The van der Waals surface area contributed by atoms with Crippen LogP contribution in [0.3, 0.4) is 0 Å². The number of amides is 1. The van der Waals surface area contributed by atoms with Gasteiger partial charge in [0.15, 0.2) is 5.78 Å². The van der Waals surface area contributed by atoms with Crippen molar-refractivity contribution in [1.82, 2.24) is 4.90 Å². The van der Waals surface area contributed by atoms with Crippen LogP contribution < -0.4 is 4.90 Å². The molecule has 0 bridgehead atoms. The van der Waals surface area contributed by atoms with E-state index >= 15 is 0 Å². The van der Waals surface area contributed by atoms with Crippen molar-refractivity contribution in [1.29, 1.82) is 0 Å². The fourth-order valence-corrected chi connectivity index (χ4v) is 3.22. The lowest BCUT2D eigenvalue weighted by Gasteiger charge is -2.36. The van der Waals surface area contributed by atoms with Crippen LogP contribution in [-0.4, -0.2) is 49.9 Å². The summed E-state index contributed by atoms with van der Waals surface area (Å²) in [6.45, 7) is 5.00. The normalized spacial score (nSPS) is 14.4. The summed E-state index contributed by atoms with van der Waals surface area (Å²) >= 11 is 0. The molecule has 1 amide bonds. The van der Waals surface area contributed by atoms with E-state index in [0.29, 0.717) is 25.3 Å². The maximum Gasteiger partial charge on any atom is 0.253 e. The number of piperazine rings is 1. The first-order chi connectivity index (χ1) is 12.6. The zero-order valence-corrected chi connectivity index (χ0v) is 15.3. The molecule has 136 valence electrons. The van der Waals surface area contributed by atoms with Gasteiger partial charge in [-0.3, -0.25) is 9.59 Å². The van der Waals surface area contributed by atoms with Gasteiger partial charge in [0.2, 0.25) is 0 Å². The van der Waals surface area contributed by atoms with E-state index in [2.05, 4.69) is 4.90 Å². The summed E-state index contributed by atoms with van der Waals surface area (Å²) < 4.78 is 5.14. The smallest absolute Gasteiger partial charge is 0.253 e. The predicted octanol–water partition coefficient (Wildman–Crippen LogP) is 3.00. The lowest BCUT2D eigenvalue weighted by Crippen LogP contribution is -2.48. The lowest BCUT2D eigenvalue weighted by molar-refractivity contribution is 0.0746. The van der Waals surface area contributed by atoms with Crippen molar-refractivity contribution >= 4 is 17.4 Å². The van der Waals surface area contributed by atoms with Crippen LogP contribution in [0.15, 0.2) is 48.5 Å². The van der Waals surface area contributed by atoms with Crippen LogP contribution in [-0.2, 0) is 11.3 Å². The quantitative estimate of drug-likeness (QED) is 0.776. The lowest BCUT2D eigenvalue weighted by atomic mass is 10.1. The molecule has 0 aliphatic carbocycles. The summed E-state index contributed by atoms with van der Waals surface area (Å²) in [7, 11) is 1.65. The number of hydrogen-bond acceptors (Lipinski definition) is 4. The van der Waals surface area contributed by atoms with Gasteiger partial charge in [-0.1, -0.05) is 12.1 Å². The number of ether oxygens (including phenoxy) is 1. The van der Waals surface area contributed by atoms with Gasteiger partial charge in [-0.15, -0.1) is 0 Å². The summed E-state index contributed by atoms with van der Waals surface area (Å²) in [5.74, 6) is 0.136. The molecule has 1 fully saturated rings. The molecule has 1 saturated heterocycles. The van der Waals surface area contributed by atoms with Crippen LogP contribution in [0, 0.1) is 0 Å². The third-order valence-corrected chi connectivity index (χ3v) is 4.69. The Kier molecular flexibility index (Phi) is 5.68. The van der Waals surface area contributed by atoms with Crippen LogP contribution in [0.1, 0.15) is 33.2 Å². The van der Waals surface area contributed by atoms with E-state index < -0.39 is 0 Å². The predicted molar refractivity (Wildman–Crippen MR) is 102 cm³/mol. The van der Waals surface area contributed by atoms with E-state index in [1.165, 1.54) is 0 Å². The van der Waals surface area contributed by atoms with Gasteiger partial charge in [-0.05, 0) is 48.9 Å². The van der Waals surface area contributed by atoms with E-state index in [-0.39, 0.29) is 11.7 Å². The Bertz CT molecular complexity index is 778. The average Bonchev–Trinajstić information content (AvgIpc) is 2.68. The van der Waals surface area contributed by atoms with Gasteiger partial charge in [-0.25, -0.2) is 0 Å². The Hall–Kier alpha value is -2.66. The minimum absolute atomic E-state index is 0.0644. The number of anilines is 1. The molecular formula is C21H24N2O3. The van der Waals surface area contributed by atoms with Crippen LogP contribution in [0.5, 0.6) is 0 Å². The number of carbonyl (C=O) groups is 2. The summed E-state index contributed by atoms with van der Waals surface area (Å²) in [4.78, 5) is 28.3. The number of hydrogen-bond donors (Lipinski definition) is 0. The number of nitrogens with zero attached hydrogens (tertiary/aromatic N) is 2. The van der Waals surface area contributed by atoms with Gasteiger partial charge >= 0.3 is 0 Å². The monoisotopic (exact) mass is 352 g/mol. The zero-order chi connectivity index (χ0) is 18.5. The largest absolute Gasteiger partial charge is 0.380 e. The minimum Gasteiger partial charge on any atom is -0.380 e. The summed E-state index contributed by atoms with van der Waals surface area (Å²) in [6.07, 6.45) is 0. The molecule has 0 spiro atoms. The first kappa shape index (κ1) is 18.1. The second kappa shape index (κ2) is 8.15. The number of carbonyl (C=O) groups excluding carboxylic acids is 2. The third kappa shape index (κ3) is 4.11. The van der Waals surface area contributed by atoms with Crippen molar-refractivity contribution in [2.75, 3.05) is 38.2 Å². The molecule has 1 aliphatic rings. The zero-order valence-electron chi connectivity index (χ0n) is 15.3. The Morgan fingerprint density at radius 1 is 0.962 bits per heavy atom. The van der Waals surface area contributed by atoms with E-state index in [1.807, 2.05) is 53.4 Å². The SMILES string of the molecule is COCc1cccc(C(=O)N2CCN(c3ccc(C(C)=O)cc3)CC2)c1. The molecule has 0 unspecified atom stereocenters. The molecule has 2 aromatic rings. The van der Waals surface area contributed by atoms with E-state index in [0.717, 1.165) is 29.9 Å². The number of Topliss-reactive ketones (excluding diaryl/α,β-unsaturated/α-hetero) is 1. The van der Waals surface area contributed by atoms with Crippen molar-refractivity contribution < 1.29 is 14.3 Å². The number of methoxy groups -OCH3 is 1. The molecule has 3 rings (SSSR count). The molecule has 0 aromatic heterocycles. The summed E-state index contributed by atoms with van der Waals surface area (Å²) in [5.41, 5.74) is 3.52. The molecule has 5 heteroatoms. The third-order valence-electron chi connectivity index (χ3n) is 4.69. The molecule has 1 heterocycles. The second-order valence-electron chi connectivity index (χ2n) is 6.52. The molecule has 5 nitrogen and oxygen atoms in total. The van der Waals surface area contributed by atoms with Gasteiger partial charge in [0.25, 0.3) is 5.91 Å². The van der Waals surface area contributed by atoms with E-state index in [1.54, 1.807) is 14.0 Å². The number of ketones is 1. The van der Waals surface area contributed by atoms with Crippen LogP contribution in [0.4, 0.5) is 5.69 Å². The highest BCUT2D eigenvalue weighted by Gasteiger charge is 2.22.